The van der Waals surface area contributed by atoms with Gasteiger partial charge in [0.25, 0.3) is 0 Å². The molecule has 1 aliphatic heterocycles. The van der Waals surface area contributed by atoms with Crippen molar-refractivity contribution in [2.45, 2.75) is 39.8 Å². The molecule has 0 radical (unpaired) electrons. The number of hydrogen-bond acceptors (Lipinski definition) is 3. The van der Waals surface area contributed by atoms with Gasteiger partial charge in [-0.3, -0.25) is 4.90 Å². The van der Waals surface area contributed by atoms with Crippen LogP contribution in [0.25, 0.3) is 0 Å². The van der Waals surface area contributed by atoms with Gasteiger partial charge in [-0.1, -0.05) is 13.8 Å². The van der Waals surface area contributed by atoms with Gasteiger partial charge in [-0.15, -0.1) is 0 Å². The lowest BCUT2D eigenvalue weighted by atomic mass is 9.86. The molecule has 2 unspecified atom stereocenters. The van der Waals surface area contributed by atoms with E-state index in [1.807, 2.05) is 6.92 Å². The van der Waals surface area contributed by atoms with Gasteiger partial charge in [0.1, 0.15) is 0 Å². The van der Waals surface area contributed by atoms with Crippen LogP contribution < -0.4 is 0 Å². The van der Waals surface area contributed by atoms with E-state index in [1.54, 1.807) is 0 Å². The van der Waals surface area contributed by atoms with Crippen molar-refractivity contribution < 1.29 is 9.84 Å². The molecule has 0 spiro atoms. The van der Waals surface area contributed by atoms with Crippen LogP contribution >= 0.6 is 0 Å². The third-order valence-corrected chi connectivity index (χ3v) is 3.25. The van der Waals surface area contributed by atoms with E-state index in [4.69, 9.17) is 4.74 Å². The van der Waals surface area contributed by atoms with Crippen LogP contribution in [0.2, 0.25) is 0 Å². The van der Waals surface area contributed by atoms with E-state index in [0.29, 0.717) is 6.04 Å². The largest absolute Gasteiger partial charge is 0.393 e. The van der Waals surface area contributed by atoms with Crippen molar-refractivity contribution in [1.82, 2.24) is 4.90 Å². The third kappa shape index (κ3) is 2.94. The Morgan fingerprint density at radius 2 is 2.21 bits per heavy atom. The quantitative estimate of drug-likeness (QED) is 0.742. The molecule has 0 aliphatic carbocycles. The Hall–Kier alpha value is -0.120. The Kier molecular flexibility index (Phi) is 3.93. The predicted molar refractivity (Wildman–Crippen MR) is 57.3 cm³/mol. The Bertz CT molecular complexity index is 180. The normalized spacial score (nSPS) is 27.6. The summed E-state index contributed by atoms with van der Waals surface area (Å²) in [7, 11) is 0. The minimum atomic E-state index is -0.266. The average Bonchev–Trinajstić information content (AvgIpc) is 2.08. The first-order valence-electron chi connectivity index (χ1n) is 5.43. The third-order valence-electron chi connectivity index (χ3n) is 3.25. The molecule has 1 fully saturated rings. The highest BCUT2D eigenvalue weighted by Gasteiger charge is 2.30. The minimum absolute atomic E-state index is 0.0361. The molecule has 1 heterocycles. The smallest absolute Gasteiger partial charge is 0.0619 e. The van der Waals surface area contributed by atoms with Crippen molar-refractivity contribution in [2.75, 3.05) is 26.3 Å². The Morgan fingerprint density at radius 1 is 1.57 bits per heavy atom. The van der Waals surface area contributed by atoms with Crippen LogP contribution in [0.1, 0.15) is 27.7 Å². The second-order valence-corrected chi connectivity index (χ2v) is 5.06. The molecule has 1 rings (SSSR count). The Morgan fingerprint density at radius 3 is 2.71 bits per heavy atom. The Balaban J connectivity index is 2.49. The van der Waals surface area contributed by atoms with E-state index in [-0.39, 0.29) is 11.5 Å². The van der Waals surface area contributed by atoms with Crippen LogP contribution in [0.5, 0.6) is 0 Å². The number of nitrogens with zero attached hydrogens (tertiary/aromatic N) is 1. The lowest BCUT2D eigenvalue weighted by molar-refractivity contribution is -0.0382. The van der Waals surface area contributed by atoms with E-state index >= 15 is 0 Å². The van der Waals surface area contributed by atoms with Gasteiger partial charge in [-0.2, -0.15) is 0 Å². The van der Waals surface area contributed by atoms with Gasteiger partial charge in [0.2, 0.25) is 0 Å². The highest BCUT2D eigenvalue weighted by molar-refractivity contribution is 4.82. The van der Waals surface area contributed by atoms with Gasteiger partial charge >= 0.3 is 0 Å². The van der Waals surface area contributed by atoms with Crippen molar-refractivity contribution in [3.05, 3.63) is 0 Å². The van der Waals surface area contributed by atoms with Gasteiger partial charge < -0.3 is 9.84 Å². The molecule has 3 heteroatoms. The molecular weight excluding hydrogens is 178 g/mol. The second kappa shape index (κ2) is 4.60. The van der Waals surface area contributed by atoms with Crippen LogP contribution in [0, 0.1) is 5.41 Å². The molecule has 0 aromatic heterocycles. The fraction of sp³-hybridized carbons (Fsp3) is 1.00. The maximum atomic E-state index is 9.64. The zero-order valence-corrected chi connectivity index (χ0v) is 9.79. The standard InChI is InChI=1S/C11H23NO2/c1-9-7-14-6-5-12(9)8-11(3,4)10(2)13/h9-10,13H,5-8H2,1-4H3. The summed E-state index contributed by atoms with van der Waals surface area (Å²) in [5.74, 6) is 0. The summed E-state index contributed by atoms with van der Waals surface area (Å²) < 4.78 is 5.38. The summed E-state index contributed by atoms with van der Waals surface area (Å²) in [6.07, 6.45) is -0.266. The first kappa shape index (κ1) is 12.0. The molecule has 3 nitrogen and oxygen atoms in total. The summed E-state index contributed by atoms with van der Waals surface area (Å²) in [5.41, 5.74) is -0.0361. The highest BCUT2D eigenvalue weighted by Crippen LogP contribution is 2.23. The molecule has 0 aromatic rings. The van der Waals surface area contributed by atoms with Gasteiger partial charge in [0.15, 0.2) is 0 Å². The summed E-state index contributed by atoms with van der Waals surface area (Å²) in [6.45, 7) is 11.8. The molecular formula is C11H23NO2. The van der Waals surface area contributed by atoms with Crippen LogP contribution in [-0.4, -0.2) is 48.5 Å². The maximum Gasteiger partial charge on any atom is 0.0619 e. The van der Waals surface area contributed by atoms with Crippen molar-refractivity contribution in [3.63, 3.8) is 0 Å². The van der Waals surface area contributed by atoms with Crippen LogP contribution in [0.3, 0.4) is 0 Å². The van der Waals surface area contributed by atoms with Crippen molar-refractivity contribution >= 4 is 0 Å². The van der Waals surface area contributed by atoms with Crippen molar-refractivity contribution in [2.24, 2.45) is 5.41 Å². The van der Waals surface area contributed by atoms with Gasteiger partial charge in [0, 0.05) is 24.5 Å². The number of ether oxygens (including phenoxy) is 1. The lowest BCUT2D eigenvalue weighted by Gasteiger charge is -2.40. The van der Waals surface area contributed by atoms with E-state index in [2.05, 4.69) is 25.7 Å². The highest BCUT2D eigenvalue weighted by atomic mass is 16.5. The van der Waals surface area contributed by atoms with Crippen molar-refractivity contribution in [3.8, 4) is 0 Å². The summed E-state index contributed by atoms with van der Waals surface area (Å²) in [5, 5.41) is 9.64. The average molecular weight is 201 g/mol. The van der Waals surface area contributed by atoms with Gasteiger partial charge in [-0.25, -0.2) is 0 Å². The molecule has 2 atom stereocenters. The molecule has 0 aromatic carbocycles. The molecule has 14 heavy (non-hydrogen) atoms. The number of rotatable bonds is 3. The van der Waals surface area contributed by atoms with E-state index in [1.165, 1.54) is 0 Å². The summed E-state index contributed by atoms with van der Waals surface area (Å²) in [4.78, 5) is 2.40. The first-order valence-corrected chi connectivity index (χ1v) is 5.43. The number of aliphatic hydroxyl groups excluding tert-OH is 1. The topological polar surface area (TPSA) is 32.7 Å². The van der Waals surface area contributed by atoms with Crippen LogP contribution in [0.4, 0.5) is 0 Å². The molecule has 1 aliphatic rings. The molecule has 1 saturated heterocycles. The zero-order valence-electron chi connectivity index (χ0n) is 9.79. The number of morpholine rings is 1. The number of hydrogen-bond donors (Lipinski definition) is 1. The lowest BCUT2D eigenvalue weighted by Crippen LogP contribution is -2.49. The van der Waals surface area contributed by atoms with Gasteiger partial charge in [0.05, 0.1) is 19.3 Å². The molecule has 0 amide bonds. The number of aliphatic hydroxyl groups is 1. The predicted octanol–water partition coefficient (Wildman–Crippen LogP) is 1.11. The summed E-state index contributed by atoms with van der Waals surface area (Å²) >= 11 is 0. The van der Waals surface area contributed by atoms with E-state index < -0.39 is 0 Å². The van der Waals surface area contributed by atoms with Crippen LogP contribution in [-0.2, 0) is 4.74 Å². The van der Waals surface area contributed by atoms with E-state index in [0.717, 1.165) is 26.3 Å². The minimum Gasteiger partial charge on any atom is -0.393 e. The Labute approximate surface area is 87.1 Å². The molecule has 1 N–H and O–H groups in total. The zero-order chi connectivity index (χ0) is 10.8. The van der Waals surface area contributed by atoms with Crippen LogP contribution in [0.15, 0.2) is 0 Å². The summed E-state index contributed by atoms with van der Waals surface area (Å²) in [6, 6.07) is 0.474. The first-order chi connectivity index (χ1) is 6.43. The van der Waals surface area contributed by atoms with E-state index in [9.17, 15) is 5.11 Å². The van der Waals surface area contributed by atoms with Crippen molar-refractivity contribution in [1.29, 1.82) is 0 Å². The molecule has 0 saturated carbocycles. The van der Waals surface area contributed by atoms with Gasteiger partial charge in [-0.05, 0) is 13.8 Å². The fourth-order valence-electron chi connectivity index (χ4n) is 1.65. The molecule has 0 bridgehead atoms. The SMILES string of the molecule is CC1COCCN1CC(C)(C)C(C)O. The monoisotopic (exact) mass is 201 g/mol. The molecule has 84 valence electrons. The second-order valence-electron chi connectivity index (χ2n) is 5.06. The maximum absolute atomic E-state index is 9.64. The fourth-order valence-corrected chi connectivity index (χ4v) is 1.65.